The number of fused-ring (bicyclic) bond motifs is 1. The summed E-state index contributed by atoms with van der Waals surface area (Å²) < 4.78 is 10.8. The summed E-state index contributed by atoms with van der Waals surface area (Å²) in [7, 11) is 3.20. The maximum atomic E-state index is 13.5. The van der Waals surface area contributed by atoms with Crippen molar-refractivity contribution in [2.45, 2.75) is 32.7 Å². The molecule has 2 aromatic carbocycles. The van der Waals surface area contributed by atoms with Gasteiger partial charge in [0, 0.05) is 22.4 Å². The molecule has 0 bridgehead atoms. The molecule has 162 valence electrons. The number of anilines is 1. The summed E-state index contributed by atoms with van der Waals surface area (Å²) in [5.41, 5.74) is 4.58. The lowest BCUT2D eigenvalue weighted by atomic mass is 9.92. The molecule has 0 saturated heterocycles. The van der Waals surface area contributed by atoms with Crippen LogP contribution in [0.15, 0.2) is 48.5 Å². The predicted molar refractivity (Wildman–Crippen MR) is 126 cm³/mol. The molecule has 1 aliphatic rings. The van der Waals surface area contributed by atoms with Gasteiger partial charge in [-0.3, -0.25) is 0 Å². The fourth-order valence-electron chi connectivity index (χ4n) is 4.39. The molecule has 1 aliphatic heterocycles. The molecule has 0 spiro atoms. The molecule has 3 aromatic rings. The van der Waals surface area contributed by atoms with E-state index in [9.17, 15) is 4.79 Å². The maximum absolute atomic E-state index is 13.5. The van der Waals surface area contributed by atoms with Crippen LogP contribution in [-0.2, 0) is 12.8 Å². The molecule has 0 fully saturated rings. The smallest absolute Gasteiger partial charge is 0.322 e. The second-order valence-corrected chi connectivity index (χ2v) is 8.84. The normalized spacial score (nSPS) is 15.4. The van der Waals surface area contributed by atoms with E-state index in [4.69, 9.17) is 9.47 Å². The van der Waals surface area contributed by atoms with Gasteiger partial charge in [0.2, 0.25) is 0 Å². The van der Waals surface area contributed by atoms with Crippen molar-refractivity contribution in [3.8, 4) is 11.5 Å². The molecule has 1 atom stereocenters. The third-order valence-corrected chi connectivity index (χ3v) is 7.13. The van der Waals surface area contributed by atoms with E-state index >= 15 is 0 Å². The highest BCUT2D eigenvalue weighted by molar-refractivity contribution is 7.12. The van der Waals surface area contributed by atoms with Gasteiger partial charge in [-0.2, -0.15) is 0 Å². The second-order valence-electron chi connectivity index (χ2n) is 7.59. The summed E-state index contributed by atoms with van der Waals surface area (Å²) in [5.74, 6) is 1.27. The van der Waals surface area contributed by atoms with Gasteiger partial charge in [0.1, 0.15) is 11.5 Å². The molecular weight excluding hydrogens is 408 g/mol. The van der Waals surface area contributed by atoms with Crippen molar-refractivity contribution in [1.82, 2.24) is 4.90 Å². The van der Waals surface area contributed by atoms with Gasteiger partial charge in [0.25, 0.3) is 0 Å². The average molecular weight is 437 g/mol. The molecule has 0 unspecified atom stereocenters. The Bertz CT molecular complexity index is 1080. The van der Waals surface area contributed by atoms with Crippen molar-refractivity contribution in [2.75, 3.05) is 26.1 Å². The first kappa shape index (κ1) is 21.2. The summed E-state index contributed by atoms with van der Waals surface area (Å²) in [5, 5.41) is 3.06. The summed E-state index contributed by atoms with van der Waals surface area (Å²) in [6.45, 7) is 5.06. The SMILES string of the molecule is CCc1c(C)sc2c1CCN(C(=O)Nc1cc(OC)ccc1OC)[C@@H]2c1ccccc1. The first-order valence-electron chi connectivity index (χ1n) is 10.5. The van der Waals surface area contributed by atoms with E-state index in [1.807, 2.05) is 40.5 Å². The highest BCUT2D eigenvalue weighted by atomic mass is 32.1. The van der Waals surface area contributed by atoms with Crippen molar-refractivity contribution in [1.29, 1.82) is 0 Å². The molecule has 31 heavy (non-hydrogen) atoms. The van der Waals surface area contributed by atoms with Crippen LogP contribution in [0.1, 0.15) is 39.4 Å². The van der Waals surface area contributed by atoms with Gasteiger partial charge in [0.05, 0.1) is 25.9 Å². The van der Waals surface area contributed by atoms with Crippen molar-refractivity contribution < 1.29 is 14.3 Å². The van der Waals surface area contributed by atoms with Gasteiger partial charge in [-0.1, -0.05) is 37.3 Å². The van der Waals surface area contributed by atoms with Crippen LogP contribution in [0.2, 0.25) is 0 Å². The molecule has 0 aliphatic carbocycles. The first-order valence-corrected chi connectivity index (χ1v) is 11.3. The first-order chi connectivity index (χ1) is 15.1. The van der Waals surface area contributed by atoms with Gasteiger partial charge in [0.15, 0.2) is 0 Å². The van der Waals surface area contributed by atoms with Crippen molar-refractivity contribution in [3.05, 3.63) is 75.0 Å². The minimum Gasteiger partial charge on any atom is -0.497 e. The number of aryl methyl sites for hydroxylation is 1. The van der Waals surface area contributed by atoms with E-state index in [0.717, 1.165) is 18.4 Å². The van der Waals surface area contributed by atoms with Crippen molar-refractivity contribution >= 4 is 23.1 Å². The van der Waals surface area contributed by atoms with Gasteiger partial charge < -0.3 is 19.7 Å². The zero-order chi connectivity index (χ0) is 22.0. The Labute approximate surface area is 187 Å². The number of hydrogen-bond acceptors (Lipinski definition) is 4. The zero-order valence-electron chi connectivity index (χ0n) is 18.4. The van der Waals surface area contributed by atoms with Crippen LogP contribution in [-0.4, -0.2) is 31.7 Å². The predicted octanol–water partition coefficient (Wildman–Crippen LogP) is 5.82. The Kier molecular flexibility index (Phi) is 6.18. The third kappa shape index (κ3) is 4.00. The lowest BCUT2D eigenvalue weighted by Gasteiger charge is -2.36. The molecule has 1 N–H and O–H groups in total. The van der Waals surface area contributed by atoms with E-state index in [-0.39, 0.29) is 12.1 Å². The van der Waals surface area contributed by atoms with Crippen molar-refractivity contribution in [2.24, 2.45) is 0 Å². The summed E-state index contributed by atoms with van der Waals surface area (Å²) >= 11 is 1.82. The monoisotopic (exact) mass is 436 g/mol. The number of carbonyl (C=O) groups excluding carboxylic acids is 1. The molecule has 2 heterocycles. The molecular formula is C25H28N2O3S. The molecule has 2 amide bonds. The number of rotatable bonds is 5. The van der Waals surface area contributed by atoms with Gasteiger partial charge in [-0.15, -0.1) is 11.3 Å². The molecule has 5 nitrogen and oxygen atoms in total. The van der Waals surface area contributed by atoms with E-state index in [0.29, 0.717) is 23.7 Å². The summed E-state index contributed by atoms with van der Waals surface area (Å²) in [4.78, 5) is 18.1. The number of hydrogen-bond donors (Lipinski definition) is 1. The van der Waals surface area contributed by atoms with Crippen LogP contribution in [0.3, 0.4) is 0 Å². The van der Waals surface area contributed by atoms with Crippen LogP contribution in [0, 0.1) is 6.92 Å². The fraction of sp³-hybridized carbons (Fsp3) is 0.320. The maximum Gasteiger partial charge on any atom is 0.322 e. The van der Waals surface area contributed by atoms with Crippen LogP contribution in [0.25, 0.3) is 0 Å². The lowest BCUT2D eigenvalue weighted by Crippen LogP contribution is -2.42. The van der Waals surface area contributed by atoms with Gasteiger partial charge in [-0.25, -0.2) is 4.79 Å². The highest BCUT2D eigenvalue weighted by Crippen LogP contribution is 2.43. The highest BCUT2D eigenvalue weighted by Gasteiger charge is 2.35. The standard InChI is InChI=1S/C25H28N2O3S/c1-5-19-16(2)31-24-20(19)13-14-27(23(24)17-9-7-6-8-10-17)25(28)26-21-15-18(29-3)11-12-22(21)30-4/h6-12,15,23H,5,13-14H2,1-4H3,(H,26,28)/t23-/m1/s1. The zero-order valence-corrected chi connectivity index (χ0v) is 19.2. The number of methoxy groups -OCH3 is 2. The fourth-order valence-corrected chi connectivity index (χ4v) is 5.84. The van der Waals surface area contributed by atoms with E-state index in [1.165, 1.54) is 20.9 Å². The summed E-state index contributed by atoms with van der Waals surface area (Å²) in [6.07, 6.45) is 1.89. The number of benzene rings is 2. The van der Waals surface area contributed by atoms with E-state index in [1.54, 1.807) is 26.4 Å². The lowest BCUT2D eigenvalue weighted by molar-refractivity contribution is 0.195. The Hall–Kier alpha value is -2.99. The number of amides is 2. The Morgan fingerprint density at radius 1 is 1.16 bits per heavy atom. The van der Waals surface area contributed by atoms with Crippen LogP contribution >= 0.6 is 11.3 Å². The van der Waals surface area contributed by atoms with E-state index < -0.39 is 0 Å². The molecule has 0 radical (unpaired) electrons. The molecule has 1 aromatic heterocycles. The van der Waals surface area contributed by atoms with Gasteiger partial charge in [-0.05, 0) is 48.6 Å². The molecule has 4 rings (SSSR count). The Morgan fingerprint density at radius 3 is 2.61 bits per heavy atom. The largest absolute Gasteiger partial charge is 0.497 e. The minimum atomic E-state index is -0.143. The number of nitrogens with zero attached hydrogens (tertiary/aromatic N) is 1. The minimum absolute atomic E-state index is 0.106. The number of thiophene rings is 1. The van der Waals surface area contributed by atoms with Crippen LogP contribution in [0.4, 0.5) is 10.5 Å². The Balaban J connectivity index is 1.72. The number of nitrogens with one attached hydrogen (secondary N) is 1. The summed E-state index contributed by atoms with van der Waals surface area (Å²) in [6, 6.07) is 15.4. The number of urea groups is 1. The van der Waals surface area contributed by atoms with E-state index in [2.05, 4.69) is 31.3 Å². The van der Waals surface area contributed by atoms with Crippen LogP contribution < -0.4 is 14.8 Å². The third-order valence-electron chi connectivity index (χ3n) is 5.89. The number of carbonyl (C=O) groups is 1. The average Bonchev–Trinajstić information content (AvgIpc) is 3.13. The van der Waals surface area contributed by atoms with Crippen LogP contribution in [0.5, 0.6) is 11.5 Å². The van der Waals surface area contributed by atoms with Gasteiger partial charge >= 0.3 is 6.03 Å². The quantitative estimate of drug-likeness (QED) is 0.549. The topological polar surface area (TPSA) is 50.8 Å². The molecule has 6 heteroatoms. The Morgan fingerprint density at radius 2 is 1.94 bits per heavy atom. The number of ether oxygens (including phenoxy) is 2. The molecule has 0 saturated carbocycles. The van der Waals surface area contributed by atoms with Crippen molar-refractivity contribution in [3.63, 3.8) is 0 Å². The second kappa shape index (κ2) is 9.02.